The van der Waals surface area contributed by atoms with Gasteiger partial charge in [-0.1, -0.05) is 42.1 Å². The molecule has 172 valence electrons. The number of aromatic nitrogens is 3. The number of amides is 2. The number of benzene rings is 1. The zero-order valence-electron chi connectivity index (χ0n) is 17.9. The Hall–Kier alpha value is -3.73. The molecule has 1 aliphatic rings. The van der Waals surface area contributed by atoms with Crippen LogP contribution in [0.1, 0.15) is 24.3 Å². The number of aromatic amines is 1. The summed E-state index contributed by atoms with van der Waals surface area (Å²) < 4.78 is 12.2. The fraction of sp³-hybridized carbons (Fsp3) is 0.273. The number of carbonyl (C=O) groups is 2. The second-order valence-corrected chi connectivity index (χ2v) is 8.09. The quantitative estimate of drug-likeness (QED) is 0.324. The molecule has 0 fully saturated rings. The van der Waals surface area contributed by atoms with Crippen LogP contribution in [-0.2, 0) is 22.5 Å². The maximum absolute atomic E-state index is 12.8. The second-order valence-electron chi connectivity index (χ2n) is 7.15. The van der Waals surface area contributed by atoms with E-state index in [1.54, 1.807) is 19.1 Å². The first kappa shape index (κ1) is 22.5. The molecule has 1 unspecified atom stereocenters. The van der Waals surface area contributed by atoms with E-state index in [2.05, 4.69) is 20.8 Å². The van der Waals surface area contributed by atoms with Gasteiger partial charge in [-0.3, -0.25) is 4.57 Å². The van der Waals surface area contributed by atoms with Crippen molar-refractivity contribution in [2.24, 2.45) is 0 Å². The number of H-pyrrole nitrogens is 1. The third kappa shape index (κ3) is 5.20. The van der Waals surface area contributed by atoms with Crippen molar-refractivity contribution >= 4 is 23.8 Å². The normalized spacial score (nSPS) is 15.8. The van der Waals surface area contributed by atoms with E-state index in [1.807, 2.05) is 30.3 Å². The lowest BCUT2D eigenvalue weighted by molar-refractivity contribution is -0.139. The van der Waals surface area contributed by atoms with E-state index < -0.39 is 18.0 Å². The molecule has 11 heteroatoms. The summed E-state index contributed by atoms with van der Waals surface area (Å²) in [7, 11) is 0. The van der Waals surface area contributed by atoms with Crippen molar-refractivity contribution in [1.82, 2.24) is 25.4 Å². The van der Waals surface area contributed by atoms with Crippen LogP contribution in [0.4, 0.5) is 4.79 Å². The van der Waals surface area contributed by atoms with Gasteiger partial charge < -0.3 is 19.8 Å². The summed E-state index contributed by atoms with van der Waals surface area (Å²) in [6, 6.07) is 11.9. The molecule has 3 heterocycles. The summed E-state index contributed by atoms with van der Waals surface area (Å²) in [5.41, 5.74) is 1.39. The van der Waals surface area contributed by atoms with Crippen LogP contribution in [-0.4, -0.2) is 39.1 Å². The summed E-state index contributed by atoms with van der Waals surface area (Å²) in [6.45, 7) is 2.33. The molecule has 33 heavy (non-hydrogen) atoms. The first-order valence-electron chi connectivity index (χ1n) is 10.4. The number of carbonyl (C=O) groups excluding carboxylic acids is 2. The molecular weight excluding hydrogens is 446 g/mol. The molecule has 0 radical (unpaired) electrons. The Kier molecular flexibility index (Phi) is 6.98. The van der Waals surface area contributed by atoms with Crippen LogP contribution in [0.15, 0.2) is 74.4 Å². The number of nitrogens with one attached hydrogen (secondary N) is 3. The number of nitrogens with zero attached hydrogens (tertiary/aromatic N) is 2. The molecule has 0 aliphatic carbocycles. The van der Waals surface area contributed by atoms with E-state index >= 15 is 0 Å². The van der Waals surface area contributed by atoms with Gasteiger partial charge in [-0.15, -0.1) is 5.10 Å². The summed E-state index contributed by atoms with van der Waals surface area (Å²) in [6.07, 6.45) is 2.13. The zero-order chi connectivity index (χ0) is 23.2. The van der Waals surface area contributed by atoms with Gasteiger partial charge in [0.15, 0.2) is 5.16 Å². The Morgan fingerprint density at radius 1 is 1.21 bits per heavy atom. The average molecular weight is 470 g/mol. The number of furan rings is 1. The van der Waals surface area contributed by atoms with Gasteiger partial charge in [0.2, 0.25) is 0 Å². The number of esters is 1. The molecular formula is C22H23N5O5S. The monoisotopic (exact) mass is 469 g/mol. The maximum Gasteiger partial charge on any atom is 0.343 e. The SMILES string of the molecule is CCOC(=O)C1=C(CSc2n[nH]c(=O)n2CCc2ccccc2)NC(=O)NC1c1ccco1. The molecule has 0 saturated carbocycles. The third-order valence-electron chi connectivity index (χ3n) is 5.01. The van der Waals surface area contributed by atoms with Gasteiger partial charge in [0.1, 0.15) is 11.8 Å². The highest BCUT2D eigenvalue weighted by Gasteiger charge is 2.35. The Morgan fingerprint density at radius 3 is 2.76 bits per heavy atom. The van der Waals surface area contributed by atoms with Crippen LogP contribution in [0.5, 0.6) is 0 Å². The van der Waals surface area contributed by atoms with Gasteiger partial charge in [-0.2, -0.15) is 0 Å². The summed E-state index contributed by atoms with van der Waals surface area (Å²) in [5, 5.41) is 12.4. The molecule has 1 aliphatic heterocycles. The molecule has 1 aromatic carbocycles. The zero-order valence-corrected chi connectivity index (χ0v) is 18.7. The van der Waals surface area contributed by atoms with Crippen molar-refractivity contribution in [3.05, 3.63) is 81.8 Å². The number of hydrogen-bond acceptors (Lipinski definition) is 7. The van der Waals surface area contributed by atoms with Crippen LogP contribution in [0.3, 0.4) is 0 Å². The second kappa shape index (κ2) is 10.3. The van der Waals surface area contributed by atoms with Crippen molar-refractivity contribution in [2.45, 2.75) is 31.1 Å². The summed E-state index contributed by atoms with van der Waals surface area (Å²) in [5.74, 6) is 0.0365. The first-order valence-corrected chi connectivity index (χ1v) is 11.4. The van der Waals surface area contributed by atoms with E-state index in [4.69, 9.17) is 9.15 Å². The van der Waals surface area contributed by atoms with Gasteiger partial charge in [-0.05, 0) is 31.0 Å². The average Bonchev–Trinajstić information content (AvgIpc) is 3.47. The molecule has 4 rings (SSSR count). The van der Waals surface area contributed by atoms with Gasteiger partial charge in [0, 0.05) is 18.0 Å². The van der Waals surface area contributed by atoms with Crippen molar-refractivity contribution < 1.29 is 18.7 Å². The molecule has 1 atom stereocenters. The van der Waals surface area contributed by atoms with Crippen molar-refractivity contribution in [3.63, 3.8) is 0 Å². The van der Waals surface area contributed by atoms with E-state index in [1.165, 1.54) is 22.6 Å². The minimum Gasteiger partial charge on any atom is -0.467 e. The molecule has 3 N–H and O–H groups in total. The lowest BCUT2D eigenvalue weighted by Crippen LogP contribution is -2.46. The van der Waals surface area contributed by atoms with Crippen LogP contribution in [0.2, 0.25) is 0 Å². The van der Waals surface area contributed by atoms with Crippen LogP contribution >= 0.6 is 11.8 Å². The Bertz CT molecular complexity index is 1200. The molecule has 0 bridgehead atoms. The fourth-order valence-electron chi connectivity index (χ4n) is 3.48. The highest BCUT2D eigenvalue weighted by atomic mass is 32.2. The van der Waals surface area contributed by atoms with Crippen LogP contribution in [0.25, 0.3) is 0 Å². The van der Waals surface area contributed by atoms with Gasteiger partial charge in [-0.25, -0.2) is 19.5 Å². The molecule has 10 nitrogen and oxygen atoms in total. The number of thioether (sulfide) groups is 1. The van der Waals surface area contributed by atoms with E-state index in [0.29, 0.717) is 29.6 Å². The van der Waals surface area contributed by atoms with Crippen LogP contribution in [0, 0.1) is 0 Å². The highest BCUT2D eigenvalue weighted by molar-refractivity contribution is 7.99. The number of ether oxygens (including phenoxy) is 1. The molecule has 0 spiro atoms. The minimum atomic E-state index is -0.789. The van der Waals surface area contributed by atoms with Crippen molar-refractivity contribution in [1.29, 1.82) is 0 Å². The first-order chi connectivity index (χ1) is 16.1. The lowest BCUT2D eigenvalue weighted by atomic mass is 10.0. The van der Waals surface area contributed by atoms with Gasteiger partial charge in [0.25, 0.3) is 0 Å². The third-order valence-corrected chi connectivity index (χ3v) is 6.02. The minimum absolute atomic E-state index is 0.181. The molecule has 3 aromatic rings. The fourth-order valence-corrected chi connectivity index (χ4v) is 4.42. The van der Waals surface area contributed by atoms with E-state index in [9.17, 15) is 14.4 Å². The lowest BCUT2D eigenvalue weighted by Gasteiger charge is -2.27. The Morgan fingerprint density at radius 2 is 2.03 bits per heavy atom. The molecule has 2 aromatic heterocycles. The Labute approximate surface area is 193 Å². The van der Waals surface area contributed by atoms with Gasteiger partial charge >= 0.3 is 17.7 Å². The number of urea groups is 1. The predicted molar refractivity (Wildman–Crippen MR) is 120 cm³/mol. The van der Waals surface area contributed by atoms with E-state index in [0.717, 1.165) is 5.56 Å². The van der Waals surface area contributed by atoms with Crippen LogP contribution < -0.4 is 16.3 Å². The standard InChI is InChI=1S/C22H23N5O5S/c1-2-31-19(28)17-15(23-20(29)24-18(17)16-9-6-12-32-16)13-33-22-26-25-21(30)27(22)11-10-14-7-4-3-5-8-14/h3-9,12,18H,2,10-11,13H2,1H3,(H,25,30)(H2,23,24,29). The molecule has 0 saturated heterocycles. The summed E-state index contributed by atoms with van der Waals surface area (Å²) >= 11 is 1.23. The number of rotatable bonds is 9. The van der Waals surface area contributed by atoms with Gasteiger partial charge in [0.05, 0.1) is 18.4 Å². The maximum atomic E-state index is 12.8. The smallest absolute Gasteiger partial charge is 0.343 e. The van der Waals surface area contributed by atoms with Crippen molar-refractivity contribution in [3.8, 4) is 0 Å². The number of aryl methyl sites for hydroxylation is 1. The predicted octanol–water partition coefficient (Wildman–Crippen LogP) is 2.37. The topological polar surface area (TPSA) is 131 Å². The van der Waals surface area contributed by atoms with E-state index in [-0.39, 0.29) is 23.6 Å². The van der Waals surface area contributed by atoms with Crippen molar-refractivity contribution in [2.75, 3.05) is 12.4 Å². The number of hydrogen-bond donors (Lipinski definition) is 3. The highest BCUT2D eigenvalue weighted by Crippen LogP contribution is 2.30. The Balaban J connectivity index is 1.57. The summed E-state index contributed by atoms with van der Waals surface area (Å²) in [4.78, 5) is 37.4. The molecule has 2 amide bonds. The largest absolute Gasteiger partial charge is 0.467 e.